The van der Waals surface area contributed by atoms with E-state index in [9.17, 15) is 4.79 Å². The van der Waals surface area contributed by atoms with E-state index >= 15 is 0 Å². The van der Waals surface area contributed by atoms with Crippen molar-refractivity contribution in [2.24, 2.45) is 0 Å². The van der Waals surface area contributed by atoms with Crippen LogP contribution >= 0.6 is 22.6 Å². The van der Waals surface area contributed by atoms with Crippen molar-refractivity contribution >= 4 is 28.9 Å². The van der Waals surface area contributed by atoms with Crippen molar-refractivity contribution in [3.63, 3.8) is 0 Å². The average Bonchev–Trinajstić information content (AvgIpc) is 2.07. The molecular formula is C10H11IO. The maximum atomic E-state index is 10.1. The van der Waals surface area contributed by atoms with Gasteiger partial charge in [0.25, 0.3) is 0 Å². The lowest BCUT2D eigenvalue weighted by Crippen LogP contribution is -1.88. The first-order valence-corrected chi connectivity index (χ1v) is 5.00. The molecule has 0 unspecified atom stereocenters. The summed E-state index contributed by atoms with van der Waals surface area (Å²) in [4.78, 5) is 10.1. The van der Waals surface area contributed by atoms with Crippen LogP contribution in [0.5, 0.6) is 0 Å². The van der Waals surface area contributed by atoms with Crippen LogP contribution in [-0.2, 0) is 11.2 Å². The molecule has 0 radical (unpaired) electrons. The molecule has 0 aliphatic rings. The fourth-order valence-electron chi connectivity index (χ4n) is 1.02. The molecule has 1 rings (SSSR count). The highest BCUT2D eigenvalue weighted by atomic mass is 127. The van der Waals surface area contributed by atoms with E-state index in [1.54, 1.807) is 0 Å². The van der Waals surface area contributed by atoms with Gasteiger partial charge in [0.15, 0.2) is 0 Å². The molecule has 0 fully saturated rings. The number of carbonyl (C=O) groups is 1. The molecule has 0 aliphatic carbocycles. The number of aryl methyl sites for hydroxylation is 2. The van der Waals surface area contributed by atoms with E-state index in [-0.39, 0.29) is 0 Å². The number of hydrogen-bond acceptors (Lipinski definition) is 1. The second kappa shape index (κ2) is 4.60. The molecule has 0 amide bonds. The zero-order valence-electron chi connectivity index (χ0n) is 7.01. The molecule has 1 nitrogen and oxygen atoms in total. The maximum absolute atomic E-state index is 10.1. The number of hydrogen-bond donors (Lipinski definition) is 0. The summed E-state index contributed by atoms with van der Waals surface area (Å²) in [5.41, 5.74) is 2.54. The predicted molar refractivity (Wildman–Crippen MR) is 58.3 cm³/mol. The molecule has 1 aromatic carbocycles. The molecule has 0 aliphatic heterocycles. The van der Waals surface area contributed by atoms with Crippen molar-refractivity contribution < 1.29 is 4.79 Å². The zero-order valence-corrected chi connectivity index (χ0v) is 9.17. The Morgan fingerprint density at radius 2 is 2.25 bits per heavy atom. The topological polar surface area (TPSA) is 17.1 Å². The van der Waals surface area contributed by atoms with E-state index in [1.807, 2.05) is 0 Å². The fraction of sp³-hybridized carbons (Fsp3) is 0.300. The van der Waals surface area contributed by atoms with Crippen LogP contribution < -0.4 is 0 Å². The lowest BCUT2D eigenvalue weighted by molar-refractivity contribution is -0.107. The van der Waals surface area contributed by atoms with Crippen LogP contribution in [0.25, 0.3) is 0 Å². The van der Waals surface area contributed by atoms with Gasteiger partial charge in [-0.2, -0.15) is 0 Å². The second-order valence-corrected chi connectivity index (χ2v) is 3.95. The quantitative estimate of drug-likeness (QED) is 0.612. The lowest BCUT2D eigenvalue weighted by Gasteiger charge is -2.01. The summed E-state index contributed by atoms with van der Waals surface area (Å²) in [5, 5.41) is 0. The van der Waals surface area contributed by atoms with Gasteiger partial charge in [0.1, 0.15) is 6.29 Å². The minimum absolute atomic E-state index is 0.624. The van der Waals surface area contributed by atoms with Gasteiger partial charge in [-0.05, 0) is 53.1 Å². The standard InChI is InChI=1S/C10H11IO/c1-8-4-5-9(3-2-6-12)7-10(8)11/h4-7H,2-3H2,1H3. The number of carbonyl (C=O) groups excluding carboxylic acids is 1. The summed E-state index contributed by atoms with van der Waals surface area (Å²) in [5.74, 6) is 0. The predicted octanol–water partition coefficient (Wildman–Crippen LogP) is 2.73. The summed E-state index contributed by atoms with van der Waals surface area (Å²) < 4.78 is 1.27. The van der Waals surface area contributed by atoms with Crippen molar-refractivity contribution in [2.75, 3.05) is 0 Å². The third-order valence-electron chi connectivity index (χ3n) is 1.79. The van der Waals surface area contributed by atoms with Gasteiger partial charge in [0.05, 0.1) is 0 Å². The molecule has 0 saturated heterocycles. The minimum atomic E-state index is 0.624. The van der Waals surface area contributed by atoms with Gasteiger partial charge in [-0.1, -0.05) is 12.1 Å². The van der Waals surface area contributed by atoms with Crippen molar-refractivity contribution in [3.8, 4) is 0 Å². The maximum Gasteiger partial charge on any atom is 0.120 e. The van der Waals surface area contributed by atoms with Crippen LogP contribution in [0, 0.1) is 10.5 Å². The first-order valence-electron chi connectivity index (χ1n) is 3.92. The van der Waals surface area contributed by atoms with Crippen molar-refractivity contribution in [1.82, 2.24) is 0 Å². The Morgan fingerprint density at radius 1 is 1.50 bits per heavy atom. The first-order chi connectivity index (χ1) is 5.74. The molecule has 1 aromatic rings. The summed E-state index contributed by atoms with van der Waals surface area (Å²) in [7, 11) is 0. The van der Waals surface area contributed by atoms with Gasteiger partial charge in [0.2, 0.25) is 0 Å². The fourth-order valence-corrected chi connectivity index (χ4v) is 1.60. The highest BCUT2D eigenvalue weighted by Crippen LogP contribution is 2.14. The molecule has 0 bridgehead atoms. The van der Waals surface area contributed by atoms with Gasteiger partial charge < -0.3 is 4.79 Å². The Labute approximate surface area is 86.3 Å². The Kier molecular flexibility index (Phi) is 3.72. The van der Waals surface area contributed by atoms with Crippen molar-refractivity contribution in [3.05, 3.63) is 32.9 Å². The van der Waals surface area contributed by atoms with Gasteiger partial charge in [0, 0.05) is 9.99 Å². The Bertz CT molecular complexity index is 281. The van der Waals surface area contributed by atoms with E-state index in [0.29, 0.717) is 6.42 Å². The number of halogens is 1. The highest BCUT2D eigenvalue weighted by molar-refractivity contribution is 14.1. The van der Waals surface area contributed by atoms with Crippen LogP contribution in [0.4, 0.5) is 0 Å². The van der Waals surface area contributed by atoms with E-state index in [2.05, 4.69) is 47.7 Å². The molecular weight excluding hydrogens is 263 g/mol. The summed E-state index contributed by atoms with van der Waals surface area (Å²) in [6.07, 6.45) is 2.45. The van der Waals surface area contributed by atoms with E-state index in [4.69, 9.17) is 0 Å². The summed E-state index contributed by atoms with van der Waals surface area (Å²) in [6.45, 7) is 2.09. The highest BCUT2D eigenvalue weighted by Gasteiger charge is 1.96. The SMILES string of the molecule is Cc1ccc(CCC=O)cc1I. The Balaban J connectivity index is 2.75. The third-order valence-corrected chi connectivity index (χ3v) is 2.95. The number of rotatable bonds is 3. The molecule has 2 heteroatoms. The molecule has 64 valence electrons. The van der Waals surface area contributed by atoms with Crippen LogP contribution in [0.3, 0.4) is 0 Å². The van der Waals surface area contributed by atoms with E-state index in [1.165, 1.54) is 14.7 Å². The van der Waals surface area contributed by atoms with Gasteiger partial charge in [-0.25, -0.2) is 0 Å². The number of benzene rings is 1. The zero-order chi connectivity index (χ0) is 8.97. The molecule has 0 saturated carbocycles. The summed E-state index contributed by atoms with van der Waals surface area (Å²) in [6, 6.07) is 6.32. The molecule has 0 N–H and O–H groups in total. The Hall–Kier alpha value is -0.380. The van der Waals surface area contributed by atoms with Crippen LogP contribution in [0.15, 0.2) is 18.2 Å². The molecule has 0 atom stereocenters. The van der Waals surface area contributed by atoms with E-state index < -0.39 is 0 Å². The van der Waals surface area contributed by atoms with Crippen LogP contribution in [0.1, 0.15) is 17.5 Å². The molecule has 0 aromatic heterocycles. The molecule has 0 spiro atoms. The van der Waals surface area contributed by atoms with Gasteiger partial charge in [-0.15, -0.1) is 0 Å². The van der Waals surface area contributed by atoms with Crippen molar-refractivity contribution in [1.29, 1.82) is 0 Å². The second-order valence-electron chi connectivity index (χ2n) is 2.79. The normalized spacial score (nSPS) is 9.83. The molecule has 0 heterocycles. The van der Waals surface area contributed by atoms with E-state index in [0.717, 1.165) is 12.7 Å². The largest absolute Gasteiger partial charge is 0.303 e. The lowest BCUT2D eigenvalue weighted by atomic mass is 10.1. The van der Waals surface area contributed by atoms with Crippen LogP contribution in [0.2, 0.25) is 0 Å². The third kappa shape index (κ3) is 2.59. The van der Waals surface area contributed by atoms with Gasteiger partial charge in [-0.3, -0.25) is 0 Å². The van der Waals surface area contributed by atoms with Crippen LogP contribution in [-0.4, -0.2) is 6.29 Å². The minimum Gasteiger partial charge on any atom is -0.303 e. The molecule has 12 heavy (non-hydrogen) atoms. The number of aldehydes is 1. The smallest absolute Gasteiger partial charge is 0.120 e. The van der Waals surface area contributed by atoms with Gasteiger partial charge >= 0.3 is 0 Å². The summed E-state index contributed by atoms with van der Waals surface area (Å²) >= 11 is 2.31. The monoisotopic (exact) mass is 274 g/mol. The average molecular weight is 274 g/mol. The first kappa shape index (κ1) is 9.71. The Morgan fingerprint density at radius 3 is 2.83 bits per heavy atom. The van der Waals surface area contributed by atoms with Crippen molar-refractivity contribution in [2.45, 2.75) is 19.8 Å².